The summed E-state index contributed by atoms with van der Waals surface area (Å²) in [6.07, 6.45) is 2.01. The van der Waals surface area contributed by atoms with Crippen LogP contribution in [0.15, 0.2) is 0 Å². The van der Waals surface area contributed by atoms with Crippen LogP contribution in [-0.2, 0) is 14.3 Å². The molecule has 0 aromatic carbocycles. The summed E-state index contributed by atoms with van der Waals surface area (Å²) in [7, 11) is 1.66. The molecule has 0 aromatic heterocycles. The van der Waals surface area contributed by atoms with Gasteiger partial charge in [-0.05, 0) is 19.3 Å². The summed E-state index contributed by atoms with van der Waals surface area (Å²) in [4.78, 5) is 11.2. The van der Waals surface area contributed by atoms with Gasteiger partial charge in [0.2, 0.25) is 0 Å². The van der Waals surface area contributed by atoms with E-state index in [1.54, 1.807) is 7.11 Å². The van der Waals surface area contributed by atoms with Crippen molar-refractivity contribution < 1.29 is 19.4 Å². The second-order valence-corrected chi connectivity index (χ2v) is 3.98. The molecule has 102 valence electrons. The Morgan fingerprint density at radius 2 is 1.88 bits per heavy atom. The highest BCUT2D eigenvalue weighted by molar-refractivity contribution is 5.78. The number of aliphatic carboxylic acids is 1. The minimum Gasteiger partial charge on any atom is -0.480 e. The van der Waals surface area contributed by atoms with Crippen molar-refractivity contribution in [3.05, 3.63) is 0 Å². The Hall–Kier alpha value is -0.650. The molecule has 2 N–H and O–H groups in total. The van der Waals surface area contributed by atoms with E-state index in [9.17, 15) is 9.90 Å². The molecule has 0 atom stereocenters. The summed E-state index contributed by atoms with van der Waals surface area (Å²) in [5.41, 5.74) is -0.810. The Labute approximate surface area is 103 Å². The Morgan fingerprint density at radius 1 is 1.24 bits per heavy atom. The zero-order chi connectivity index (χ0) is 13.1. The van der Waals surface area contributed by atoms with E-state index in [2.05, 4.69) is 5.32 Å². The summed E-state index contributed by atoms with van der Waals surface area (Å²) < 4.78 is 10.3. The lowest BCUT2D eigenvalue weighted by atomic mass is 9.93. The number of hydrogen-bond acceptors (Lipinski definition) is 4. The van der Waals surface area contributed by atoms with Crippen LogP contribution in [0.5, 0.6) is 0 Å². The summed E-state index contributed by atoms with van der Waals surface area (Å²) in [5.74, 6) is -0.790. The van der Waals surface area contributed by atoms with E-state index in [0.29, 0.717) is 39.2 Å². The lowest BCUT2D eigenvalue weighted by Gasteiger charge is -2.28. The fourth-order valence-electron chi connectivity index (χ4n) is 1.65. The summed E-state index contributed by atoms with van der Waals surface area (Å²) in [5, 5.41) is 12.2. The third-order valence-electron chi connectivity index (χ3n) is 2.96. The van der Waals surface area contributed by atoms with Crippen LogP contribution in [0.2, 0.25) is 0 Å². The molecule has 0 heterocycles. The van der Waals surface area contributed by atoms with Gasteiger partial charge in [0.1, 0.15) is 5.54 Å². The first kappa shape index (κ1) is 16.4. The van der Waals surface area contributed by atoms with E-state index in [1.165, 1.54) is 0 Å². The molecule has 0 fully saturated rings. The molecule has 0 saturated heterocycles. The molecule has 0 aliphatic carbocycles. The highest BCUT2D eigenvalue weighted by atomic mass is 16.5. The number of ether oxygens (including phenoxy) is 2. The van der Waals surface area contributed by atoms with Gasteiger partial charge < -0.3 is 14.6 Å². The van der Waals surface area contributed by atoms with Crippen molar-refractivity contribution >= 4 is 5.97 Å². The quantitative estimate of drug-likeness (QED) is 0.538. The summed E-state index contributed by atoms with van der Waals surface area (Å²) in [6, 6.07) is 0. The van der Waals surface area contributed by atoms with Crippen LogP contribution < -0.4 is 5.32 Å². The molecule has 0 rings (SSSR count). The van der Waals surface area contributed by atoms with Crippen LogP contribution in [-0.4, -0.2) is 50.1 Å². The average Bonchev–Trinajstić information content (AvgIpc) is 2.33. The van der Waals surface area contributed by atoms with Gasteiger partial charge in [-0.15, -0.1) is 0 Å². The van der Waals surface area contributed by atoms with Crippen LogP contribution in [0, 0.1) is 0 Å². The normalized spacial score (nSPS) is 11.7. The number of hydrogen-bond donors (Lipinski definition) is 2. The van der Waals surface area contributed by atoms with Gasteiger partial charge >= 0.3 is 5.97 Å². The van der Waals surface area contributed by atoms with Crippen molar-refractivity contribution in [2.75, 3.05) is 33.5 Å². The van der Waals surface area contributed by atoms with Crippen LogP contribution >= 0.6 is 0 Å². The first-order chi connectivity index (χ1) is 8.13. The van der Waals surface area contributed by atoms with Crippen LogP contribution in [0.3, 0.4) is 0 Å². The topological polar surface area (TPSA) is 67.8 Å². The Kier molecular flexibility index (Phi) is 9.03. The Bertz CT molecular complexity index is 205. The zero-order valence-corrected chi connectivity index (χ0v) is 11.1. The zero-order valence-electron chi connectivity index (χ0n) is 11.1. The molecule has 5 heteroatoms. The molecule has 0 aliphatic heterocycles. The molecule has 0 amide bonds. The van der Waals surface area contributed by atoms with Crippen molar-refractivity contribution in [1.29, 1.82) is 0 Å². The van der Waals surface area contributed by atoms with Crippen molar-refractivity contribution in [2.24, 2.45) is 0 Å². The van der Waals surface area contributed by atoms with Crippen molar-refractivity contribution in [1.82, 2.24) is 5.32 Å². The third kappa shape index (κ3) is 6.00. The van der Waals surface area contributed by atoms with E-state index in [1.807, 2.05) is 13.8 Å². The highest BCUT2D eigenvalue weighted by Crippen LogP contribution is 2.14. The van der Waals surface area contributed by atoms with E-state index >= 15 is 0 Å². The maximum absolute atomic E-state index is 11.2. The number of rotatable bonds is 11. The molecular weight excluding hydrogens is 222 g/mol. The predicted octanol–water partition coefficient (Wildman–Crippen LogP) is 1.27. The van der Waals surface area contributed by atoms with E-state index in [-0.39, 0.29) is 0 Å². The number of carboxylic acids is 1. The number of carbonyl (C=O) groups is 1. The van der Waals surface area contributed by atoms with E-state index in [0.717, 1.165) is 6.42 Å². The van der Waals surface area contributed by atoms with Gasteiger partial charge in [-0.25, -0.2) is 0 Å². The molecule has 5 nitrogen and oxygen atoms in total. The van der Waals surface area contributed by atoms with Gasteiger partial charge in [-0.2, -0.15) is 0 Å². The minimum absolute atomic E-state index is 0.527. The second kappa shape index (κ2) is 9.39. The molecule has 17 heavy (non-hydrogen) atoms. The Morgan fingerprint density at radius 3 is 2.35 bits per heavy atom. The first-order valence-electron chi connectivity index (χ1n) is 6.18. The molecule has 0 unspecified atom stereocenters. The van der Waals surface area contributed by atoms with Crippen molar-refractivity contribution in [3.63, 3.8) is 0 Å². The predicted molar refractivity (Wildman–Crippen MR) is 66.3 cm³/mol. The van der Waals surface area contributed by atoms with Crippen LogP contribution in [0.1, 0.15) is 33.1 Å². The molecule has 0 spiro atoms. The smallest absolute Gasteiger partial charge is 0.323 e. The highest BCUT2D eigenvalue weighted by Gasteiger charge is 2.33. The van der Waals surface area contributed by atoms with Gasteiger partial charge in [0.15, 0.2) is 0 Å². The van der Waals surface area contributed by atoms with Crippen molar-refractivity contribution in [3.8, 4) is 0 Å². The van der Waals surface area contributed by atoms with Gasteiger partial charge in [-0.3, -0.25) is 10.1 Å². The van der Waals surface area contributed by atoms with Crippen molar-refractivity contribution in [2.45, 2.75) is 38.6 Å². The lowest BCUT2D eigenvalue weighted by Crippen LogP contribution is -2.52. The van der Waals surface area contributed by atoms with Gasteiger partial charge in [0.05, 0.1) is 6.61 Å². The number of carboxylic acid groups (broad SMARTS) is 1. The fourth-order valence-corrected chi connectivity index (χ4v) is 1.65. The largest absolute Gasteiger partial charge is 0.480 e. The SMILES string of the molecule is CCC(CC)(NCCOCCCOC)C(=O)O. The molecular formula is C12H25NO4. The molecule has 0 aliphatic rings. The number of methoxy groups -OCH3 is 1. The lowest BCUT2D eigenvalue weighted by molar-refractivity contribution is -0.145. The Balaban J connectivity index is 3.73. The first-order valence-corrected chi connectivity index (χ1v) is 6.18. The molecule has 0 bridgehead atoms. The van der Waals surface area contributed by atoms with Gasteiger partial charge in [0.25, 0.3) is 0 Å². The van der Waals surface area contributed by atoms with Gasteiger partial charge in [-0.1, -0.05) is 13.8 Å². The molecule has 0 saturated carbocycles. The van der Waals surface area contributed by atoms with E-state index in [4.69, 9.17) is 9.47 Å². The maximum atomic E-state index is 11.2. The minimum atomic E-state index is -0.810. The molecule has 0 aromatic rings. The average molecular weight is 247 g/mol. The monoisotopic (exact) mass is 247 g/mol. The van der Waals surface area contributed by atoms with Gasteiger partial charge in [0, 0.05) is 26.9 Å². The standard InChI is InChI=1S/C12H25NO4/c1-4-12(5-2,11(14)15)13-7-10-17-9-6-8-16-3/h13H,4-10H2,1-3H3,(H,14,15). The van der Waals surface area contributed by atoms with E-state index < -0.39 is 11.5 Å². The van der Waals surface area contributed by atoms with Crippen LogP contribution in [0.25, 0.3) is 0 Å². The van der Waals surface area contributed by atoms with Crippen LogP contribution in [0.4, 0.5) is 0 Å². The fraction of sp³-hybridized carbons (Fsp3) is 0.917. The number of nitrogens with one attached hydrogen (secondary N) is 1. The maximum Gasteiger partial charge on any atom is 0.323 e. The second-order valence-electron chi connectivity index (χ2n) is 3.98. The summed E-state index contributed by atoms with van der Waals surface area (Å²) >= 11 is 0. The third-order valence-corrected chi connectivity index (χ3v) is 2.96. The summed E-state index contributed by atoms with van der Waals surface area (Å²) in [6.45, 7) is 6.18. The molecule has 0 radical (unpaired) electrons.